The number of benzene rings is 1. The van der Waals surface area contributed by atoms with E-state index in [2.05, 4.69) is 4.74 Å². The first-order valence-corrected chi connectivity index (χ1v) is 5.70. The summed E-state index contributed by atoms with van der Waals surface area (Å²) >= 11 is 11.5. The van der Waals surface area contributed by atoms with E-state index in [1.165, 1.54) is 18.2 Å². The van der Waals surface area contributed by atoms with Crippen LogP contribution in [-0.4, -0.2) is 28.9 Å². The summed E-state index contributed by atoms with van der Waals surface area (Å²) in [4.78, 5) is 11.2. The third-order valence-electron chi connectivity index (χ3n) is 2.11. The summed E-state index contributed by atoms with van der Waals surface area (Å²) in [6, 6.07) is 4.36. The van der Waals surface area contributed by atoms with Crippen LogP contribution in [0.4, 0.5) is 0 Å². The van der Waals surface area contributed by atoms with Crippen LogP contribution < -0.4 is 0 Å². The van der Waals surface area contributed by atoms with Gasteiger partial charge in [0.15, 0.2) is 6.10 Å². The Hall–Kier alpha value is -0.810. The molecule has 0 saturated carbocycles. The van der Waals surface area contributed by atoms with Gasteiger partial charge in [-0.2, -0.15) is 0 Å². The highest BCUT2D eigenvalue weighted by Crippen LogP contribution is 2.28. The first-order valence-electron chi connectivity index (χ1n) is 4.95. The lowest BCUT2D eigenvalue weighted by Gasteiger charge is -2.17. The summed E-state index contributed by atoms with van der Waals surface area (Å²) < 4.78 is 4.59. The van der Waals surface area contributed by atoms with Gasteiger partial charge in [0.25, 0.3) is 0 Å². The molecule has 2 N–H and O–H groups in total. The molecule has 0 amide bonds. The molecule has 0 heterocycles. The number of ether oxygens (including phenoxy) is 1. The Morgan fingerprint density at radius 1 is 1.41 bits per heavy atom. The molecule has 1 aromatic carbocycles. The van der Waals surface area contributed by atoms with Crippen molar-refractivity contribution in [3.05, 3.63) is 33.8 Å². The zero-order chi connectivity index (χ0) is 13.0. The molecule has 2 atom stereocenters. The molecule has 0 aliphatic heterocycles. The smallest absolute Gasteiger partial charge is 0.338 e. The van der Waals surface area contributed by atoms with E-state index in [1.807, 2.05) is 0 Å². The molecule has 0 bridgehead atoms. The summed E-state index contributed by atoms with van der Waals surface area (Å²) in [6.07, 6.45) is -3.12. The van der Waals surface area contributed by atoms with E-state index < -0.39 is 18.2 Å². The number of halogens is 2. The minimum atomic E-state index is -1.67. The van der Waals surface area contributed by atoms with Crippen molar-refractivity contribution in [1.29, 1.82) is 0 Å². The molecule has 17 heavy (non-hydrogen) atoms. The van der Waals surface area contributed by atoms with Crippen molar-refractivity contribution in [3.8, 4) is 0 Å². The Labute approximate surface area is 109 Å². The highest BCUT2D eigenvalue weighted by Gasteiger charge is 2.28. The molecular weight excluding hydrogens is 267 g/mol. The van der Waals surface area contributed by atoms with Crippen molar-refractivity contribution in [2.45, 2.75) is 19.1 Å². The fourth-order valence-corrected chi connectivity index (χ4v) is 1.79. The normalized spacial score (nSPS) is 14.2. The maximum atomic E-state index is 11.2. The van der Waals surface area contributed by atoms with Crippen LogP contribution in [0.1, 0.15) is 18.6 Å². The summed E-state index contributed by atoms with van der Waals surface area (Å²) in [5.41, 5.74) is 0.219. The predicted octanol–water partition coefficient (Wildman–Crippen LogP) is 1.95. The van der Waals surface area contributed by atoms with Gasteiger partial charge in [-0.25, -0.2) is 4.79 Å². The number of hydrogen-bond donors (Lipinski definition) is 2. The molecule has 94 valence electrons. The highest BCUT2D eigenvalue weighted by molar-refractivity contribution is 6.35. The van der Waals surface area contributed by atoms with E-state index in [-0.39, 0.29) is 17.2 Å². The average Bonchev–Trinajstić information content (AvgIpc) is 2.27. The third kappa shape index (κ3) is 3.57. The second-order valence-corrected chi connectivity index (χ2v) is 4.15. The number of carbonyl (C=O) groups excluding carboxylic acids is 1. The van der Waals surface area contributed by atoms with Crippen LogP contribution in [0.25, 0.3) is 0 Å². The van der Waals surface area contributed by atoms with Crippen molar-refractivity contribution >= 4 is 29.2 Å². The molecule has 0 fully saturated rings. The maximum absolute atomic E-state index is 11.2. The van der Waals surface area contributed by atoms with Gasteiger partial charge in [0, 0.05) is 15.6 Å². The summed E-state index contributed by atoms with van der Waals surface area (Å²) in [7, 11) is 0. The van der Waals surface area contributed by atoms with E-state index in [0.29, 0.717) is 5.02 Å². The topological polar surface area (TPSA) is 66.8 Å². The van der Waals surface area contributed by atoms with Gasteiger partial charge >= 0.3 is 5.97 Å². The number of carbonyl (C=O) groups is 1. The molecule has 0 aromatic heterocycles. The maximum Gasteiger partial charge on any atom is 0.338 e. The molecule has 0 radical (unpaired) electrons. The zero-order valence-electron chi connectivity index (χ0n) is 9.06. The average molecular weight is 279 g/mol. The first kappa shape index (κ1) is 14.3. The van der Waals surface area contributed by atoms with Crippen LogP contribution in [0.3, 0.4) is 0 Å². The quantitative estimate of drug-likeness (QED) is 0.827. The number of aliphatic hydroxyl groups is 2. The SMILES string of the molecule is CCOC(=O)C(O)C(O)c1ccc(Cl)cc1Cl. The van der Waals surface area contributed by atoms with Crippen molar-refractivity contribution in [1.82, 2.24) is 0 Å². The van der Waals surface area contributed by atoms with Gasteiger partial charge in [-0.3, -0.25) is 0 Å². The molecule has 1 aromatic rings. The number of hydrogen-bond acceptors (Lipinski definition) is 4. The van der Waals surface area contributed by atoms with Gasteiger partial charge in [0.2, 0.25) is 0 Å². The summed E-state index contributed by atoms with van der Waals surface area (Å²) in [5, 5.41) is 19.9. The van der Waals surface area contributed by atoms with Crippen LogP contribution in [0.2, 0.25) is 10.0 Å². The van der Waals surface area contributed by atoms with Crippen molar-refractivity contribution in [2.24, 2.45) is 0 Å². The Morgan fingerprint density at radius 3 is 2.59 bits per heavy atom. The molecular formula is C11H12Cl2O4. The molecule has 6 heteroatoms. The number of esters is 1. The van der Waals surface area contributed by atoms with Crippen LogP contribution >= 0.6 is 23.2 Å². The van der Waals surface area contributed by atoms with Crippen molar-refractivity contribution in [3.63, 3.8) is 0 Å². The molecule has 2 unspecified atom stereocenters. The lowest BCUT2D eigenvalue weighted by Crippen LogP contribution is -2.30. The number of rotatable bonds is 4. The summed E-state index contributed by atoms with van der Waals surface area (Å²) in [5.74, 6) is -0.897. The van der Waals surface area contributed by atoms with Gasteiger partial charge < -0.3 is 14.9 Å². The monoisotopic (exact) mass is 278 g/mol. The van der Waals surface area contributed by atoms with Crippen molar-refractivity contribution in [2.75, 3.05) is 6.61 Å². The fraction of sp³-hybridized carbons (Fsp3) is 0.364. The van der Waals surface area contributed by atoms with Crippen LogP contribution in [0, 0.1) is 0 Å². The van der Waals surface area contributed by atoms with Gasteiger partial charge in [-0.05, 0) is 19.1 Å². The minimum Gasteiger partial charge on any atom is -0.464 e. The van der Waals surface area contributed by atoms with Gasteiger partial charge in [0.1, 0.15) is 6.10 Å². The van der Waals surface area contributed by atoms with E-state index >= 15 is 0 Å². The molecule has 4 nitrogen and oxygen atoms in total. The van der Waals surface area contributed by atoms with Crippen LogP contribution in [-0.2, 0) is 9.53 Å². The third-order valence-corrected chi connectivity index (χ3v) is 2.67. The largest absolute Gasteiger partial charge is 0.464 e. The highest BCUT2D eigenvalue weighted by atomic mass is 35.5. The van der Waals surface area contributed by atoms with Crippen LogP contribution in [0.15, 0.2) is 18.2 Å². The van der Waals surface area contributed by atoms with Gasteiger partial charge in [-0.1, -0.05) is 29.3 Å². The Kier molecular flexibility index (Phi) is 5.21. The Balaban J connectivity index is 2.88. The predicted molar refractivity (Wildman–Crippen MR) is 64.1 cm³/mol. The first-order chi connectivity index (χ1) is 7.97. The van der Waals surface area contributed by atoms with E-state index in [4.69, 9.17) is 23.2 Å². The fourth-order valence-electron chi connectivity index (χ4n) is 1.27. The lowest BCUT2D eigenvalue weighted by molar-refractivity contribution is -0.159. The Bertz CT molecular complexity index is 408. The summed E-state index contributed by atoms with van der Waals surface area (Å²) in [6.45, 7) is 1.73. The van der Waals surface area contributed by atoms with Crippen molar-refractivity contribution < 1.29 is 19.7 Å². The van der Waals surface area contributed by atoms with Crippen LogP contribution in [0.5, 0.6) is 0 Å². The zero-order valence-corrected chi connectivity index (χ0v) is 10.6. The van der Waals surface area contributed by atoms with E-state index in [0.717, 1.165) is 0 Å². The molecule has 0 aliphatic rings. The van der Waals surface area contributed by atoms with E-state index in [1.54, 1.807) is 6.92 Å². The number of aliphatic hydroxyl groups excluding tert-OH is 2. The molecule has 0 aliphatic carbocycles. The molecule has 1 rings (SSSR count). The second kappa shape index (κ2) is 6.21. The molecule has 0 spiro atoms. The van der Waals surface area contributed by atoms with Gasteiger partial charge in [-0.15, -0.1) is 0 Å². The molecule has 0 saturated heterocycles. The Morgan fingerprint density at radius 2 is 2.06 bits per heavy atom. The van der Waals surface area contributed by atoms with E-state index in [9.17, 15) is 15.0 Å². The van der Waals surface area contributed by atoms with Gasteiger partial charge in [0.05, 0.1) is 6.61 Å². The standard InChI is InChI=1S/C11H12Cl2O4/c1-2-17-11(16)10(15)9(14)7-4-3-6(12)5-8(7)13/h3-5,9-10,14-15H,2H2,1H3. The minimum absolute atomic E-state index is 0.122. The lowest BCUT2D eigenvalue weighted by atomic mass is 10.0. The second-order valence-electron chi connectivity index (χ2n) is 3.31.